The van der Waals surface area contributed by atoms with Crippen LogP contribution in [0.4, 0.5) is 11.4 Å². The first-order valence-electron chi connectivity index (χ1n) is 6.87. The zero-order valence-electron chi connectivity index (χ0n) is 11.5. The Kier molecular flexibility index (Phi) is 4.84. The van der Waals surface area contributed by atoms with Gasteiger partial charge in [-0.25, -0.2) is 0 Å². The Morgan fingerprint density at radius 1 is 1.21 bits per heavy atom. The van der Waals surface area contributed by atoms with E-state index in [-0.39, 0.29) is 0 Å². The molecule has 0 atom stereocenters. The predicted octanol–water partition coefficient (Wildman–Crippen LogP) is 2.77. The molecule has 19 heavy (non-hydrogen) atoms. The second kappa shape index (κ2) is 6.83. The van der Waals surface area contributed by atoms with E-state index in [2.05, 4.69) is 47.3 Å². The molecule has 0 fully saturated rings. The van der Waals surface area contributed by atoms with E-state index in [1.54, 1.807) is 6.20 Å². The zero-order valence-corrected chi connectivity index (χ0v) is 11.5. The molecule has 0 amide bonds. The minimum absolute atomic E-state index is 0.722. The van der Waals surface area contributed by atoms with Crippen LogP contribution in [0.5, 0.6) is 0 Å². The summed E-state index contributed by atoms with van der Waals surface area (Å²) in [6, 6.07) is 10.5. The van der Waals surface area contributed by atoms with Crippen LogP contribution in [0, 0.1) is 0 Å². The van der Waals surface area contributed by atoms with Gasteiger partial charge in [0.2, 0.25) is 0 Å². The Balaban J connectivity index is 1.97. The fraction of sp³-hybridized carbons (Fsp3) is 0.400. The molecular weight excluding hydrogens is 236 g/mol. The highest BCUT2D eigenvalue weighted by Crippen LogP contribution is 2.14. The van der Waals surface area contributed by atoms with Crippen LogP contribution in [0.25, 0.3) is 0 Å². The van der Waals surface area contributed by atoms with Gasteiger partial charge in [-0.3, -0.25) is 4.68 Å². The third-order valence-electron chi connectivity index (χ3n) is 3.16. The average molecular weight is 258 g/mol. The van der Waals surface area contributed by atoms with Gasteiger partial charge in [0.05, 0.1) is 18.4 Å². The number of unbranched alkanes of at least 4 members (excludes halogenated alkanes) is 1. The van der Waals surface area contributed by atoms with E-state index in [1.165, 1.54) is 18.5 Å². The first-order chi connectivity index (χ1) is 9.29. The molecular formula is C15H22N4. The average Bonchev–Trinajstić information content (AvgIpc) is 2.86. The van der Waals surface area contributed by atoms with E-state index >= 15 is 0 Å². The summed E-state index contributed by atoms with van der Waals surface area (Å²) < 4.78 is 1.90. The molecule has 2 rings (SSSR count). The van der Waals surface area contributed by atoms with E-state index in [0.717, 1.165) is 25.3 Å². The van der Waals surface area contributed by atoms with Crippen LogP contribution >= 0.6 is 0 Å². The summed E-state index contributed by atoms with van der Waals surface area (Å²) in [5.41, 5.74) is 7.68. The van der Waals surface area contributed by atoms with Crippen LogP contribution < -0.4 is 10.6 Å². The van der Waals surface area contributed by atoms with Crippen molar-refractivity contribution in [1.29, 1.82) is 0 Å². The fourth-order valence-corrected chi connectivity index (χ4v) is 2.08. The standard InChI is InChI=1S/C15H22N4/c1-2-3-9-18(15-7-5-4-6-8-15)10-11-19-13-14(16)12-17-19/h4-8,12-13H,2-3,9-11,16H2,1H3. The summed E-state index contributed by atoms with van der Waals surface area (Å²) in [6.07, 6.45) is 5.98. The Hall–Kier alpha value is -1.97. The molecule has 0 aliphatic carbocycles. The van der Waals surface area contributed by atoms with Crippen molar-refractivity contribution in [1.82, 2.24) is 9.78 Å². The highest BCUT2D eigenvalue weighted by Gasteiger charge is 2.06. The summed E-state index contributed by atoms with van der Waals surface area (Å²) in [5, 5.41) is 4.23. The molecule has 0 spiro atoms. The highest BCUT2D eigenvalue weighted by molar-refractivity contribution is 5.45. The summed E-state index contributed by atoms with van der Waals surface area (Å²) in [6.45, 7) is 5.11. The third kappa shape index (κ3) is 4.02. The normalized spacial score (nSPS) is 10.6. The summed E-state index contributed by atoms with van der Waals surface area (Å²) in [7, 11) is 0. The van der Waals surface area contributed by atoms with Crippen molar-refractivity contribution in [2.24, 2.45) is 0 Å². The van der Waals surface area contributed by atoms with Crippen molar-refractivity contribution in [3.63, 3.8) is 0 Å². The van der Waals surface area contributed by atoms with Gasteiger partial charge in [0.25, 0.3) is 0 Å². The topological polar surface area (TPSA) is 47.1 Å². The SMILES string of the molecule is CCCCN(CCn1cc(N)cn1)c1ccccc1. The monoisotopic (exact) mass is 258 g/mol. The van der Waals surface area contributed by atoms with Gasteiger partial charge in [-0.05, 0) is 18.6 Å². The number of benzene rings is 1. The number of rotatable bonds is 7. The molecule has 4 nitrogen and oxygen atoms in total. The van der Waals surface area contributed by atoms with Gasteiger partial charge in [0.15, 0.2) is 0 Å². The van der Waals surface area contributed by atoms with Gasteiger partial charge in [-0.15, -0.1) is 0 Å². The Morgan fingerprint density at radius 2 is 2.00 bits per heavy atom. The maximum absolute atomic E-state index is 5.68. The Bertz CT molecular complexity index is 478. The Morgan fingerprint density at radius 3 is 2.63 bits per heavy atom. The minimum Gasteiger partial charge on any atom is -0.396 e. The summed E-state index contributed by atoms with van der Waals surface area (Å²) in [4.78, 5) is 2.40. The molecule has 2 N–H and O–H groups in total. The molecule has 102 valence electrons. The second-order valence-electron chi connectivity index (χ2n) is 4.71. The number of nitrogens with two attached hydrogens (primary N) is 1. The molecule has 0 unspecified atom stereocenters. The molecule has 0 saturated heterocycles. The maximum Gasteiger partial charge on any atom is 0.0719 e. The number of hydrogen-bond donors (Lipinski definition) is 1. The van der Waals surface area contributed by atoms with Gasteiger partial charge >= 0.3 is 0 Å². The molecule has 0 aliphatic heterocycles. The lowest BCUT2D eigenvalue weighted by atomic mass is 10.2. The largest absolute Gasteiger partial charge is 0.396 e. The van der Waals surface area contributed by atoms with Crippen LogP contribution in [-0.2, 0) is 6.54 Å². The van der Waals surface area contributed by atoms with E-state index in [1.807, 2.05) is 10.9 Å². The van der Waals surface area contributed by atoms with Gasteiger partial charge in [0, 0.05) is 25.0 Å². The molecule has 1 aromatic heterocycles. The van der Waals surface area contributed by atoms with Crippen molar-refractivity contribution in [2.45, 2.75) is 26.3 Å². The van der Waals surface area contributed by atoms with Gasteiger partial charge in [0.1, 0.15) is 0 Å². The number of nitrogen functional groups attached to an aromatic ring is 1. The smallest absolute Gasteiger partial charge is 0.0719 e. The number of hydrogen-bond acceptors (Lipinski definition) is 3. The van der Waals surface area contributed by atoms with Crippen molar-refractivity contribution < 1.29 is 0 Å². The summed E-state index contributed by atoms with van der Waals surface area (Å²) >= 11 is 0. The number of anilines is 2. The fourth-order valence-electron chi connectivity index (χ4n) is 2.08. The van der Waals surface area contributed by atoms with Crippen molar-refractivity contribution in [2.75, 3.05) is 23.7 Å². The highest BCUT2D eigenvalue weighted by atomic mass is 15.3. The van der Waals surface area contributed by atoms with E-state index < -0.39 is 0 Å². The van der Waals surface area contributed by atoms with E-state index in [4.69, 9.17) is 5.73 Å². The lowest BCUT2D eigenvalue weighted by Crippen LogP contribution is -2.28. The molecule has 2 aromatic rings. The maximum atomic E-state index is 5.68. The first kappa shape index (κ1) is 13.5. The quantitative estimate of drug-likeness (QED) is 0.830. The molecule has 0 bridgehead atoms. The molecule has 4 heteroatoms. The lowest BCUT2D eigenvalue weighted by Gasteiger charge is -2.24. The van der Waals surface area contributed by atoms with Crippen LogP contribution in [0.2, 0.25) is 0 Å². The van der Waals surface area contributed by atoms with Crippen LogP contribution in [0.15, 0.2) is 42.7 Å². The number of nitrogens with zero attached hydrogens (tertiary/aromatic N) is 3. The molecule has 0 saturated carbocycles. The third-order valence-corrected chi connectivity index (χ3v) is 3.16. The zero-order chi connectivity index (χ0) is 13.5. The van der Waals surface area contributed by atoms with Gasteiger partial charge in [-0.2, -0.15) is 5.10 Å². The van der Waals surface area contributed by atoms with Crippen molar-refractivity contribution >= 4 is 11.4 Å². The molecule has 1 aromatic carbocycles. The van der Waals surface area contributed by atoms with Crippen LogP contribution in [0.1, 0.15) is 19.8 Å². The predicted molar refractivity (Wildman–Crippen MR) is 80.2 cm³/mol. The van der Waals surface area contributed by atoms with Gasteiger partial charge < -0.3 is 10.6 Å². The molecule has 0 aliphatic rings. The van der Waals surface area contributed by atoms with Crippen LogP contribution in [0.3, 0.4) is 0 Å². The second-order valence-corrected chi connectivity index (χ2v) is 4.71. The Labute approximate surface area is 114 Å². The van der Waals surface area contributed by atoms with Gasteiger partial charge in [-0.1, -0.05) is 31.5 Å². The lowest BCUT2D eigenvalue weighted by molar-refractivity contribution is 0.587. The summed E-state index contributed by atoms with van der Waals surface area (Å²) in [5.74, 6) is 0. The minimum atomic E-state index is 0.722. The molecule has 1 heterocycles. The first-order valence-corrected chi connectivity index (χ1v) is 6.87. The van der Waals surface area contributed by atoms with Crippen LogP contribution in [-0.4, -0.2) is 22.9 Å². The van der Waals surface area contributed by atoms with Crippen molar-refractivity contribution in [3.05, 3.63) is 42.7 Å². The van der Waals surface area contributed by atoms with E-state index in [9.17, 15) is 0 Å². The number of aromatic nitrogens is 2. The molecule has 0 radical (unpaired) electrons. The van der Waals surface area contributed by atoms with E-state index in [0.29, 0.717) is 0 Å². The number of para-hydroxylation sites is 1. The van der Waals surface area contributed by atoms with Crippen molar-refractivity contribution in [3.8, 4) is 0 Å².